The number of rotatable bonds is 5. The van der Waals surface area contributed by atoms with Gasteiger partial charge in [-0.1, -0.05) is 36.4 Å². The Morgan fingerprint density at radius 1 is 0.969 bits per heavy atom. The van der Waals surface area contributed by atoms with Crippen LogP contribution in [0.4, 0.5) is 0 Å². The number of fused-ring (bicyclic) bond motifs is 1. The lowest BCUT2D eigenvalue weighted by atomic mass is 9.91. The largest absolute Gasteiger partial charge is 0.305 e. The first-order valence-corrected chi connectivity index (χ1v) is 10.8. The molecule has 0 unspecified atom stereocenters. The SMILES string of the molecule is Cc1cc2c(-c3ccccc3)c(C(=O)C=Cc3ccncc3)c(=O)n(C(C)C)c2cc1C. The number of hydrogen-bond acceptors (Lipinski definition) is 3. The van der Waals surface area contributed by atoms with Crippen molar-refractivity contribution in [2.45, 2.75) is 33.7 Å². The normalized spacial score (nSPS) is 11.5. The maximum absolute atomic E-state index is 13.8. The third-order valence-corrected chi connectivity index (χ3v) is 5.78. The van der Waals surface area contributed by atoms with E-state index in [2.05, 4.69) is 24.0 Å². The lowest BCUT2D eigenvalue weighted by Gasteiger charge is -2.21. The summed E-state index contributed by atoms with van der Waals surface area (Å²) in [7, 11) is 0. The van der Waals surface area contributed by atoms with Crippen molar-refractivity contribution in [3.63, 3.8) is 0 Å². The summed E-state index contributed by atoms with van der Waals surface area (Å²) >= 11 is 0. The van der Waals surface area contributed by atoms with Crippen LogP contribution < -0.4 is 5.56 Å². The summed E-state index contributed by atoms with van der Waals surface area (Å²) in [6.07, 6.45) is 6.55. The Balaban J connectivity index is 2.08. The van der Waals surface area contributed by atoms with E-state index in [1.54, 1.807) is 23.0 Å². The number of ketones is 1. The van der Waals surface area contributed by atoms with Gasteiger partial charge < -0.3 is 4.57 Å². The number of aryl methyl sites for hydroxylation is 2. The van der Waals surface area contributed by atoms with E-state index in [4.69, 9.17) is 0 Å². The second-order valence-corrected chi connectivity index (χ2v) is 8.32. The van der Waals surface area contributed by atoms with Crippen LogP contribution in [-0.2, 0) is 0 Å². The van der Waals surface area contributed by atoms with Gasteiger partial charge in [0.2, 0.25) is 0 Å². The van der Waals surface area contributed by atoms with Crippen molar-refractivity contribution >= 4 is 22.8 Å². The first-order valence-electron chi connectivity index (χ1n) is 10.8. The molecule has 0 radical (unpaired) electrons. The Bertz CT molecular complexity index is 1380. The molecule has 32 heavy (non-hydrogen) atoms. The smallest absolute Gasteiger partial charge is 0.263 e. The molecule has 4 rings (SSSR count). The maximum atomic E-state index is 13.8. The highest BCUT2D eigenvalue weighted by atomic mass is 16.1. The molecular weight excluding hydrogens is 396 g/mol. The molecule has 0 saturated carbocycles. The van der Waals surface area contributed by atoms with Crippen molar-refractivity contribution in [1.29, 1.82) is 0 Å². The van der Waals surface area contributed by atoms with Gasteiger partial charge in [-0.2, -0.15) is 0 Å². The minimum absolute atomic E-state index is 0.0901. The van der Waals surface area contributed by atoms with Gasteiger partial charge in [-0.25, -0.2) is 0 Å². The van der Waals surface area contributed by atoms with Gasteiger partial charge in [0.1, 0.15) is 0 Å². The van der Waals surface area contributed by atoms with E-state index in [-0.39, 0.29) is 22.9 Å². The lowest BCUT2D eigenvalue weighted by Crippen LogP contribution is -2.29. The Kier molecular flexibility index (Phi) is 5.87. The molecule has 160 valence electrons. The summed E-state index contributed by atoms with van der Waals surface area (Å²) in [5.74, 6) is -0.305. The Morgan fingerprint density at radius 3 is 2.28 bits per heavy atom. The highest BCUT2D eigenvalue weighted by Crippen LogP contribution is 2.33. The average molecular weight is 423 g/mol. The van der Waals surface area contributed by atoms with Crippen molar-refractivity contribution in [2.24, 2.45) is 0 Å². The molecule has 2 aromatic carbocycles. The van der Waals surface area contributed by atoms with Gasteiger partial charge in [-0.05, 0) is 80.3 Å². The lowest BCUT2D eigenvalue weighted by molar-refractivity contribution is 0.104. The van der Waals surface area contributed by atoms with Crippen LogP contribution in [0, 0.1) is 13.8 Å². The highest BCUT2D eigenvalue weighted by molar-refractivity contribution is 6.15. The Labute approximate surface area is 187 Å². The molecule has 2 aromatic heterocycles. The molecular formula is C28H26N2O2. The van der Waals surface area contributed by atoms with Gasteiger partial charge in [0.15, 0.2) is 5.78 Å². The quantitative estimate of drug-likeness (QED) is 0.286. The Hall–Kier alpha value is -3.79. The summed E-state index contributed by atoms with van der Waals surface area (Å²) in [6.45, 7) is 8.04. The van der Waals surface area contributed by atoms with E-state index in [1.165, 1.54) is 6.08 Å². The molecule has 4 aromatic rings. The molecule has 0 spiro atoms. The van der Waals surface area contributed by atoms with Gasteiger partial charge in [-0.3, -0.25) is 14.6 Å². The van der Waals surface area contributed by atoms with Crippen molar-refractivity contribution in [3.05, 3.63) is 106 Å². The van der Waals surface area contributed by atoms with E-state index in [1.807, 2.05) is 63.2 Å². The van der Waals surface area contributed by atoms with Crippen molar-refractivity contribution < 1.29 is 4.79 Å². The number of benzene rings is 2. The highest BCUT2D eigenvalue weighted by Gasteiger charge is 2.23. The van der Waals surface area contributed by atoms with Crippen LogP contribution in [-0.4, -0.2) is 15.3 Å². The zero-order valence-electron chi connectivity index (χ0n) is 18.8. The molecule has 0 N–H and O–H groups in total. The molecule has 0 atom stereocenters. The van der Waals surface area contributed by atoms with Crippen LogP contribution in [0.1, 0.15) is 46.9 Å². The number of allylic oxidation sites excluding steroid dienone is 1. The minimum atomic E-state index is -0.305. The second-order valence-electron chi connectivity index (χ2n) is 8.32. The van der Waals surface area contributed by atoms with Gasteiger partial charge in [0, 0.05) is 29.4 Å². The summed E-state index contributed by atoms with van der Waals surface area (Å²) < 4.78 is 1.74. The van der Waals surface area contributed by atoms with Crippen LogP contribution in [0.15, 0.2) is 77.9 Å². The molecule has 0 fully saturated rings. The molecule has 4 heteroatoms. The van der Waals surface area contributed by atoms with Crippen molar-refractivity contribution in [1.82, 2.24) is 9.55 Å². The molecule has 0 amide bonds. The molecule has 0 bridgehead atoms. The minimum Gasteiger partial charge on any atom is -0.305 e. The number of pyridine rings is 2. The van der Waals surface area contributed by atoms with E-state index < -0.39 is 0 Å². The maximum Gasteiger partial charge on any atom is 0.263 e. The predicted molar refractivity (Wildman–Crippen MR) is 131 cm³/mol. The van der Waals surface area contributed by atoms with E-state index in [0.29, 0.717) is 5.56 Å². The van der Waals surface area contributed by atoms with Crippen LogP contribution in [0.5, 0.6) is 0 Å². The van der Waals surface area contributed by atoms with Crippen LogP contribution in [0.25, 0.3) is 28.1 Å². The van der Waals surface area contributed by atoms with Crippen LogP contribution in [0.2, 0.25) is 0 Å². The fourth-order valence-corrected chi connectivity index (χ4v) is 4.05. The first kappa shape index (κ1) is 21.4. The number of aromatic nitrogens is 2. The molecule has 2 heterocycles. The van der Waals surface area contributed by atoms with E-state index >= 15 is 0 Å². The van der Waals surface area contributed by atoms with E-state index in [0.717, 1.165) is 33.2 Å². The summed E-state index contributed by atoms with van der Waals surface area (Å²) in [5.41, 5.74) is 5.42. The summed E-state index contributed by atoms with van der Waals surface area (Å²) in [5, 5.41) is 0.910. The number of carbonyl (C=O) groups excluding carboxylic acids is 1. The molecule has 0 aliphatic carbocycles. The third-order valence-electron chi connectivity index (χ3n) is 5.78. The Morgan fingerprint density at radius 2 is 1.62 bits per heavy atom. The van der Waals surface area contributed by atoms with Gasteiger partial charge in [-0.15, -0.1) is 0 Å². The molecule has 0 saturated heterocycles. The fourth-order valence-electron chi connectivity index (χ4n) is 4.05. The topological polar surface area (TPSA) is 52.0 Å². The van der Waals surface area contributed by atoms with Gasteiger partial charge in [0.05, 0.1) is 11.1 Å². The zero-order valence-corrected chi connectivity index (χ0v) is 18.8. The molecule has 4 nitrogen and oxygen atoms in total. The summed E-state index contributed by atoms with van der Waals surface area (Å²) in [6, 6.07) is 17.4. The first-order chi connectivity index (χ1) is 15.4. The van der Waals surface area contributed by atoms with Crippen molar-refractivity contribution in [3.8, 4) is 11.1 Å². The average Bonchev–Trinajstić information content (AvgIpc) is 2.79. The van der Waals surface area contributed by atoms with E-state index in [9.17, 15) is 9.59 Å². The fraction of sp³-hybridized carbons (Fsp3) is 0.179. The monoisotopic (exact) mass is 422 g/mol. The van der Waals surface area contributed by atoms with Crippen LogP contribution >= 0.6 is 0 Å². The number of carbonyl (C=O) groups is 1. The van der Waals surface area contributed by atoms with Gasteiger partial charge >= 0.3 is 0 Å². The molecule has 0 aliphatic rings. The second kappa shape index (κ2) is 8.75. The summed E-state index contributed by atoms with van der Waals surface area (Å²) in [4.78, 5) is 31.3. The molecule has 0 aliphatic heterocycles. The number of nitrogens with zero attached hydrogens (tertiary/aromatic N) is 2. The third kappa shape index (κ3) is 3.92. The zero-order chi connectivity index (χ0) is 22.8. The standard InChI is InChI=1S/C28H26N2O2/c1-18(2)30-24-17-20(4)19(3)16-23(24)26(22-8-6-5-7-9-22)27(28(30)32)25(31)11-10-21-12-14-29-15-13-21/h5-18H,1-4H3. The number of hydrogen-bond donors (Lipinski definition) is 0. The predicted octanol–water partition coefficient (Wildman–Crippen LogP) is 6.16. The van der Waals surface area contributed by atoms with Gasteiger partial charge in [0.25, 0.3) is 5.56 Å². The van der Waals surface area contributed by atoms with Crippen LogP contribution in [0.3, 0.4) is 0 Å². The van der Waals surface area contributed by atoms with Crippen molar-refractivity contribution in [2.75, 3.05) is 0 Å².